The molecule has 0 saturated heterocycles. The molecule has 2 atom stereocenters. The summed E-state index contributed by atoms with van der Waals surface area (Å²) in [6, 6.07) is 2.65. The second-order valence-corrected chi connectivity index (χ2v) is 6.99. The zero-order valence-electron chi connectivity index (χ0n) is 11.0. The van der Waals surface area contributed by atoms with Crippen LogP contribution >= 0.6 is 0 Å². The van der Waals surface area contributed by atoms with Gasteiger partial charge >= 0.3 is 0 Å². The maximum Gasteiger partial charge on any atom is 0.240 e. The Balaban J connectivity index is 2.01. The third-order valence-corrected chi connectivity index (χ3v) is 5.01. The molecule has 4 nitrogen and oxygen atoms in total. The lowest BCUT2D eigenvalue weighted by Crippen LogP contribution is -2.35. The molecular weight excluding hydrogens is 286 g/mol. The Morgan fingerprint density at radius 3 is 2.65 bits per heavy atom. The first-order valence-corrected chi connectivity index (χ1v) is 8.07. The number of rotatable bonds is 4. The average molecular weight is 304 g/mol. The van der Waals surface area contributed by atoms with E-state index >= 15 is 0 Å². The zero-order chi connectivity index (χ0) is 14.8. The molecule has 0 spiro atoms. The van der Waals surface area contributed by atoms with Gasteiger partial charge in [0, 0.05) is 12.6 Å². The van der Waals surface area contributed by atoms with Crippen LogP contribution in [0.4, 0.5) is 8.78 Å². The molecule has 1 fully saturated rings. The van der Waals surface area contributed by atoms with E-state index in [9.17, 15) is 17.2 Å². The average Bonchev–Trinajstić information content (AvgIpc) is 2.40. The minimum absolute atomic E-state index is 0.113. The standard InChI is InChI=1S/C13H18F2N2O2S/c14-12-5-4-11(7-13(12)15)20(18,19)17-8-9-2-1-3-10(16)6-9/h4-5,7,9-10,17H,1-3,6,8,16H2. The van der Waals surface area contributed by atoms with Gasteiger partial charge in [0.1, 0.15) is 0 Å². The molecule has 0 aromatic heterocycles. The quantitative estimate of drug-likeness (QED) is 0.890. The van der Waals surface area contributed by atoms with Crippen LogP contribution in [0.5, 0.6) is 0 Å². The van der Waals surface area contributed by atoms with Crippen molar-refractivity contribution >= 4 is 10.0 Å². The predicted octanol–water partition coefficient (Wildman–Crippen LogP) is 1.76. The predicted molar refractivity (Wildman–Crippen MR) is 71.5 cm³/mol. The summed E-state index contributed by atoms with van der Waals surface area (Å²) in [7, 11) is -3.81. The fraction of sp³-hybridized carbons (Fsp3) is 0.538. The Morgan fingerprint density at radius 2 is 2.00 bits per heavy atom. The van der Waals surface area contributed by atoms with Crippen molar-refractivity contribution in [3.63, 3.8) is 0 Å². The van der Waals surface area contributed by atoms with Crippen molar-refractivity contribution < 1.29 is 17.2 Å². The second kappa shape index (κ2) is 6.15. The Hall–Kier alpha value is -1.05. The first kappa shape index (κ1) is 15.3. The summed E-state index contributed by atoms with van der Waals surface area (Å²) >= 11 is 0. The number of hydrogen-bond acceptors (Lipinski definition) is 3. The highest BCUT2D eigenvalue weighted by atomic mass is 32.2. The Bertz CT molecular complexity index is 578. The van der Waals surface area contributed by atoms with E-state index in [0.29, 0.717) is 6.07 Å². The van der Waals surface area contributed by atoms with Crippen molar-refractivity contribution in [2.24, 2.45) is 11.7 Å². The van der Waals surface area contributed by atoms with Gasteiger partial charge in [-0.1, -0.05) is 6.42 Å². The highest BCUT2D eigenvalue weighted by Crippen LogP contribution is 2.23. The van der Waals surface area contributed by atoms with E-state index in [1.807, 2.05) is 0 Å². The van der Waals surface area contributed by atoms with Gasteiger partial charge < -0.3 is 5.73 Å². The number of benzene rings is 1. The summed E-state index contributed by atoms with van der Waals surface area (Å²) in [6.45, 7) is 0.273. The molecule has 0 amide bonds. The molecule has 2 unspecified atom stereocenters. The number of nitrogens with two attached hydrogens (primary N) is 1. The molecule has 3 N–H and O–H groups in total. The summed E-state index contributed by atoms with van der Waals surface area (Å²) in [5, 5.41) is 0. The van der Waals surface area contributed by atoms with Gasteiger partial charge in [-0.25, -0.2) is 21.9 Å². The van der Waals surface area contributed by atoms with E-state index in [1.54, 1.807) is 0 Å². The van der Waals surface area contributed by atoms with Gasteiger partial charge in [-0.05, 0) is 43.4 Å². The normalized spacial score (nSPS) is 23.8. The molecule has 1 saturated carbocycles. The van der Waals surface area contributed by atoms with Crippen molar-refractivity contribution in [2.45, 2.75) is 36.6 Å². The van der Waals surface area contributed by atoms with Crippen molar-refractivity contribution in [1.82, 2.24) is 4.72 Å². The van der Waals surface area contributed by atoms with Crippen LogP contribution in [0.25, 0.3) is 0 Å². The molecule has 1 aromatic rings. The lowest BCUT2D eigenvalue weighted by Gasteiger charge is -2.26. The van der Waals surface area contributed by atoms with Crippen LogP contribution in [0.3, 0.4) is 0 Å². The molecule has 20 heavy (non-hydrogen) atoms. The maximum absolute atomic E-state index is 13.1. The van der Waals surface area contributed by atoms with Crippen LogP contribution in [-0.4, -0.2) is 21.0 Å². The first-order chi connectivity index (χ1) is 9.38. The van der Waals surface area contributed by atoms with Gasteiger partial charge in [0.15, 0.2) is 11.6 Å². The fourth-order valence-corrected chi connectivity index (χ4v) is 3.60. The largest absolute Gasteiger partial charge is 0.328 e. The molecule has 0 bridgehead atoms. The minimum Gasteiger partial charge on any atom is -0.328 e. The molecular formula is C13H18F2N2O2S. The summed E-state index contributed by atoms with van der Waals surface area (Å²) in [5.74, 6) is -2.05. The van der Waals surface area contributed by atoms with Crippen LogP contribution in [0.2, 0.25) is 0 Å². The van der Waals surface area contributed by atoms with Crippen molar-refractivity contribution in [3.05, 3.63) is 29.8 Å². The molecule has 7 heteroatoms. The smallest absolute Gasteiger partial charge is 0.240 e. The SMILES string of the molecule is NC1CCCC(CNS(=O)(=O)c2ccc(F)c(F)c2)C1. The Morgan fingerprint density at radius 1 is 1.25 bits per heavy atom. The lowest BCUT2D eigenvalue weighted by atomic mass is 9.86. The van der Waals surface area contributed by atoms with Gasteiger partial charge in [-0.2, -0.15) is 0 Å². The zero-order valence-corrected chi connectivity index (χ0v) is 11.8. The number of nitrogens with one attached hydrogen (secondary N) is 1. The molecule has 1 aliphatic rings. The van der Waals surface area contributed by atoms with E-state index in [1.165, 1.54) is 0 Å². The third kappa shape index (κ3) is 3.74. The van der Waals surface area contributed by atoms with E-state index in [2.05, 4.69) is 4.72 Å². The lowest BCUT2D eigenvalue weighted by molar-refractivity contribution is 0.322. The molecule has 0 radical (unpaired) electrons. The molecule has 1 aromatic carbocycles. The topological polar surface area (TPSA) is 72.2 Å². The van der Waals surface area contributed by atoms with Crippen LogP contribution in [-0.2, 0) is 10.0 Å². The fourth-order valence-electron chi connectivity index (χ4n) is 2.47. The molecule has 0 aliphatic heterocycles. The van der Waals surface area contributed by atoms with Gasteiger partial charge in [0.05, 0.1) is 4.90 Å². The molecule has 1 aliphatic carbocycles. The van der Waals surface area contributed by atoms with Crippen LogP contribution in [0.15, 0.2) is 23.1 Å². The Kier molecular flexibility index (Phi) is 4.72. The van der Waals surface area contributed by atoms with E-state index in [-0.39, 0.29) is 23.4 Å². The third-order valence-electron chi connectivity index (χ3n) is 3.59. The van der Waals surface area contributed by atoms with Crippen molar-refractivity contribution in [2.75, 3.05) is 6.54 Å². The summed E-state index contributed by atoms with van der Waals surface area (Å²) in [4.78, 5) is -0.267. The van der Waals surface area contributed by atoms with Gasteiger partial charge in [-0.3, -0.25) is 0 Å². The summed E-state index contributed by atoms with van der Waals surface area (Å²) in [5.41, 5.74) is 5.84. The molecule has 112 valence electrons. The second-order valence-electron chi connectivity index (χ2n) is 5.22. The first-order valence-electron chi connectivity index (χ1n) is 6.59. The van der Waals surface area contributed by atoms with E-state index in [4.69, 9.17) is 5.73 Å². The van der Waals surface area contributed by atoms with Gasteiger partial charge in [-0.15, -0.1) is 0 Å². The van der Waals surface area contributed by atoms with Crippen molar-refractivity contribution in [1.29, 1.82) is 0 Å². The highest BCUT2D eigenvalue weighted by molar-refractivity contribution is 7.89. The number of hydrogen-bond donors (Lipinski definition) is 2. The van der Waals surface area contributed by atoms with Gasteiger partial charge in [0.2, 0.25) is 10.0 Å². The summed E-state index contributed by atoms with van der Waals surface area (Å²) < 4.78 is 52.3. The maximum atomic E-state index is 13.1. The number of halogens is 2. The van der Waals surface area contributed by atoms with Gasteiger partial charge in [0.25, 0.3) is 0 Å². The monoisotopic (exact) mass is 304 g/mol. The summed E-state index contributed by atoms with van der Waals surface area (Å²) in [6.07, 6.45) is 3.65. The molecule has 0 heterocycles. The van der Waals surface area contributed by atoms with Crippen LogP contribution < -0.4 is 10.5 Å². The van der Waals surface area contributed by atoms with E-state index < -0.39 is 21.7 Å². The highest BCUT2D eigenvalue weighted by Gasteiger charge is 2.22. The van der Waals surface area contributed by atoms with Crippen LogP contribution in [0, 0.1) is 17.6 Å². The molecule has 2 rings (SSSR count). The number of sulfonamides is 1. The van der Waals surface area contributed by atoms with Crippen molar-refractivity contribution in [3.8, 4) is 0 Å². The van der Waals surface area contributed by atoms with Crippen LogP contribution in [0.1, 0.15) is 25.7 Å². The Labute approximate surface area is 117 Å². The minimum atomic E-state index is -3.81. The van der Waals surface area contributed by atoms with E-state index in [0.717, 1.165) is 37.8 Å².